The number of ketones is 1. The van der Waals surface area contributed by atoms with Crippen LogP contribution in [0.1, 0.15) is 26.3 Å². The first-order valence-electron chi connectivity index (χ1n) is 10.3. The number of rotatable bonds is 7. The predicted octanol–water partition coefficient (Wildman–Crippen LogP) is 1.73. The van der Waals surface area contributed by atoms with Crippen molar-refractivity contribution in [1.82, 2.24) is 4.68 Å². The number of carbonyl (C=O) groups is 1. The van der Waals surface area contributed by atoms with Gasteiger partial charge < -0.3 is 21.9 Å². The molecule has 3 rings (SSSR count). The number of benzene rings is 2. The quantitative estimate of drug-likeness (QED) is 0.274. The Kier molecular flexibility index (Phi) is 8.87. The highest BCUT2D eigenvalue weighted by Gasteiger charge is 2.27. The van der Waals surface area contributed by atoms with Gasteiger partial charge in [0.15, 0.2) is 12.0 Å². The average Bonchev–Trinajstić information content (AvgIpc) is 3.14. The van der Waals surface area contributed by atoms with Crippen molar-refractivity contribution < 1.29 is 26.3 Å². The van der Waals surface area contributed by atoms with Gasteiger partial charge in [0.1, 0.15) is 12.7 Å². The predicted molar refractivity (Wildman–Crippen MR) is 130 cm³/mol. The van der Waals surface area contributed by atoms with Crippen LogP contribution in [0.3, 0.4) is 0 Å². The Labute approximate surface area is 205 Å². The lowest BCUT2D eigenvalue weighted by Gasteiger charge is -2.15. The number of anilines is 1. The first-order chi connectivity index (χ1) is 14.7. The van der Waals surface area contributed by atoms with Crippen molar-refractivity contribution in [3.05, 3.63) is 66.5 Å². The Bertz CT molecular complexity index is 1060. The van der Waals surface area contributed by atoms with Gasteiger partial charge in [-0.15, -0.1) is 16.4 Å². The van der Waals surface area contributed by atoms with Gasteiger partial charge in [0, 0.05) is 30.1 Å². The Hall–Kier alpha value is -2.38. The second kappa shape index (κ2) is 11.0. The van der Waals surface area contributed by atoms with Crippen LogP contribution in [-0.2, 0) is 11.3 Å². The van der Waals surface area contributed by atoms with Crippen molar-refractivity contribution in [2.45, 2.75) is 32.2 Å². The van der Waals surface area contributed by atoms with Crippen LogP contribution in [0.4, 0.5) is 5.69 Å². The molecule has 0 radical (unpaired) electrons. The summed E-state index contributed by atoms with van der Waals surface area (Å²) < 4.78 is 3.82. The van der Waals surface area contributed by atoms with E-state index in [0.29, 0.717) is 6.54 Å². The van der Waals surface area contributed by atoms with Crippen molar-refractivity contribution in [1.29, 1.82) is 0 Å². The molecule has 32 heavy (non-hydrogen) atoms. The minimum absolute atomic E-state index is 0. The summed E-state index contributed by atoms with van der Waals surface area (Å²) in [6.45, 7) is 6.17. The number of aromatic nitrogens is 2. The number of hydrogen-bond donors (Lipinski definition) is 0. The lowest BCUT2D eigenvalue weighted by Crippen LogP contribution is -3.00. The number of nitrogens with zero attached hydrogens (tertiary/aromatic N) is 4. The van der Waals surface area contributed by atoms with Crippen LogP contribution in [0.15, 0.2) is 70.9 Å². The second-order valence-corrected chi connectivity index (χ2v) is 9.61. The van der Waals surface area contributed by atoms with Crippen molar-refractivity contribution in [2.75, 3.05) is 25.3 Å². The summed E-state index contributed by atoms with van der Waals surface area (Å²) in [5.74, 6) is 1.06. The SMILES string of the molecule is CSc1ccc(-c2n(/N=C/c3ccc(N(C)C)cc3)cc[n+]2CC(=O)C(C)(C)C)cc1.[Br-]. The number of Topliss-reactive ketones (excluding diaryl/α,β-unsaturated/α-hetero) is 1. The van der Waals surface area contributed by atoms with Gasteiger partial charge in [-0.2, -0.15) is 0 Å². The molecule has 0 bridgehead atoms. The number of carbonyl (C=O) groups excluding carboxylic acids is 1. The van der Waals surface area contributed by atoms with Crippen LogP contribution < -0.4 is 26.4 Å². The van der Waals surface area contributed by atoms with Crippen LogP contribution in [0.2, 0.25) is 0 Å². The minimum Gasteiger partial charge on any atom is -1.00 e. The molecule has 2 aromatic carbocycles. The van der Waals surface area contributed by atoms with Crippen molar-refractivity contribution >= 4 is 29.4 Å². The fourth-order valence-electron chi connectivity index (χ4n) is 3.05. The molecular weight excluding hydrogens is 484 g/mol. The number of halogens is 1. The maximum absolute atomic E-state index is 12.7. The lowest BCUT2D eigenvalue weighted by molar-refractivity contribution is -0.673. The molecule has 3 aromatic rings. The molecular formula is C25H31BrN4OS. The zero-order chi connectivity index (χ0) is 22.6. The molecule has 170 valence electrons. The van der Waals surface area contributed by atoms with E-state index in [1.54, 1.807) is 11.8 Å². The fourth-order valence-corrected chi connectivity index (χ4v) is 3.46. The molecule has 0 aliphatic heterocycles. The summed E-state index contributed by atoms with van der Waals surface area (Å²) in [6.07, 6.45) is 7.73. The minimum atomic E-state index is -0.396. The van der Waals surface area contributed by atoms with Gasteiger partial charge in [-0.3, -0.25) is 4.79 Å². The highest BCUT2D eigenvalue weighted by molar-refractivity contribution is 7.98. The molecule has 0 amide bonds. The van der Waals surface area contributed by atoms with Gasteiger partial charge in [0.05, 0.1) is 11.8 Å². The van der Waals surface area contributed by atoms with E-state index in [4.69, 9.17) is 5.10 Å². The largest absolute Gasteiger partial charge is 1.00 e. The molecule has 0 fully saturated rings. The van der Waals surface area contributed by atoms with Crippen LogP contribution in [0.5, 0.6) is 0 Å². The molecule has 0 saturated heterocycles. The third kappa shape index (κ3) is 6.33. The Morgan fingerprint density at radius 1 is 1.09 bits per heavy atom. The molecule has 5 nitrogen and oxygen atoms in total. The van der Waals surface area contributed by atoms with E-state index in [9.17, 15) is 4.79 Å². The zero-order valence-corrected chi connectivity index (χ0v) is 21.9. The van der Waals surface area contributed by atoms with Crippen LogP contribution in [0.25, 0.3) is 11.4 Å². The van der Waals surface area contributed by atoms with E-state index in [0.717, 1.165) is 22.6 Å². The van der Waals surface area contributed by atoms with Crippen molar-refractivity contribution in [3.63, 3.8) is 0 Å². The third-order valence-electron chi connectivity index (χ3n) is 5.12. The van der Waals surface area contributed by atoms with Gasteiger partial charge in [-0.1, -0.05) is 38.0 Å². The number of hydrogen-bond acceptors (Lipinski definition) is 4. The van der Waals surface area contributed by atoms with Crippen LogP contribution in [-0.4, -0.2) is 37.0 Å². The van der Waals surface area contributed by atoms with Gasteiger partial charge >= 0.3 is 5.82 Å². The standard InChI is InChI=1S/C25H31N4OS.BrH/c1-25(2,3)23(30)18-28-15-16-29(24(28)20-9-13-22(31-6)14-10-20)26-17-19-7-11-21(12-8-19)27(4)5;/h7-17H,18H2,1-6H3;1H/q+1;/p-1/b26-17+;. The summed E-state index contributed by atoms with van der Waals surface area (Å²) in [5.41, 5.74) is 2.78. The summed E-state index contributed by atoms with van der Waals surface area (Å²) in [7, 11) is 4.05. The van der Waals surface area contributed by atoms with Crippen LogP contribution in [0, 0.1) is 5.41 Å². The summed E-state index contributed by atoms with van der Waals surface area (Å²) >= 11 is 1.71. The summed E-state index contributed by atoms with van der Waals surface area (Å²) in [5, 5.41) is 4.70. The van der Waals surface area contributed by atoms with Gasteiger partial charge in [0.25, 0.3) is 0 Å². The highest BCUT2D eigenvalue weighted by atomic mass is 79.9. The number of thioether (sulfide) groups is 1. The first kappa shape index (κ1) is 25.9. The molecule has 0 N–H and O–H groups in total. The van der Waals surface area contributed by atoms with E-state index in [1.165, 1.54) is 4.90 Å². The third-order valence-corrected chi connectivity index (χ3v) is 5.86. The molecule has 1 heterocycles. The Morgan fingerprint density at radius 3 is 2.25 bits per heavy atom. The molecule has 0 unspecified atom stereocenters. The van der Waals surface area contributed by atoms with Crippen LogP contribution >= 0.6 is 11.8 Å². The highest BCUT2D eigenvalue weighted by Crippen LogP contribution is 2.22. The molecule has 0 saturated carbocycles. The maximum Gasteiger partial charge on any atom is 0.314 e. The van der Waals surface area contributed by atoms with Gasteiger partial charge in [-0.05, 0) is 48.2 Å². The Morgan fingerprint density at radius 2 is 1.72 bits per heavy atom. The van der Waals surface area contributed by atoms with Crippen molar-refractivity contribution in [2.24, 2.45) is 10.5 Å². The lowest BCUT2D eigenvalue weighted by atomic mass is 9.91. The molecule has 1 aromatic heterocycles. The molecule has 0 aliphatic carbocycles. The number of imidazole rings is 1. The maximum atomic E-state index is 12.7. The van der Waals surface area contributed by atoms with E-state index < -0.39 is 5.41 Å². The second-order valence-electron chi connectivity index (χ2n) is 8.73. The monoisotopic (exact) mass is 514 g/mol. The zero-order valence-electron chi connectivity index (χ0n) is 19.5. The molecule has 0 spiro atoms. The van der Waals surface area contributed by atoms with E-state index in [-0.39, 0.29) is 22.8 Å². The van der Waals surface area contributed by atoms with Crippen molar-refractivity contribution in [3.8, 4) is 11.4 Å². The van der Waals surface area contributed by atoms with E-state index >= 15 is 0 Å². The molecule has 0 aliphatic rings. The molecule has 7 heteroatoms. The fraction of sp³-hybridized carbons (Fsp3) is 0.320. The average molecular weight is 516 g/mol. The summed E-state index contributed by atoms with van der Waals surface area (Å²) in [6, 6.07) is 16.6. The van der Waals surface area contributed by atoms with E-state index in [2.05, 4.69) is 47.6 Å². The Balaban J connectivity index is 0.00000363. The van der Waals surface area contributed by atoms with E-state index in [1.807, 2.05) is 74.9 Å². The first-order valence-corrected chi connectivity index (χ1v) is 11.5. The topological polar surface area (TPSA) is 41.5 Å². The smallest absolute Gasteiger partial charge is 0.314 e. The normalized spacial score (nSPS) is 11.4. The molecule has 0 atom stereocenters. The van der Waals surface area contributed by atoms with Gasteiger partial charge in [0.2, 0.25) is 0 Å². The summed E-state index contributed by atoms with van der Waals surface area (Å²) in [4.78, 5) is 16.0. The van der Waals surface area contributed by atoms with Gasteiger partial charge in [-0.25, -0.2) is 4.57 Å².